The molecular weight excluding hydrogens is 301 g/mol. The number of nitrogens with zero attached hydrogens (tertiary/aromatic N) is 1. The molecule has 1 heterocycles. The average Bonchev–Trinajstić information content (AvgIpc) is 2.62. The molecule has 0 fully saturated rings. The van der Waals surface area contributed by atoms with Crippen LogP contribution in [-0.2, 0) is 0 Å². The molecule has 0 radical (unpaired) electrons. The van der Waals surface area contributed by atoms with Gasteiger partial charge in [-0.2, -0.15) is 0 Å². The Morgan fingerprint density at radius 3 is 2.29 bits per heavy atom. The molecule has 0 amide bonds. The van der Waals surface area contributed by atoms with Crippen LogP contribution < -0.4 is 0 Å². The van der Waals surface area contributed by atoms with E-state index in [0.717, 1.165) is 22.2 Å². The quantitative estimate of drug-likeness (QED) is 0.536. The molecule has 0 aliphatic heterocycles. The molecular formula is C21H14FNO. The minimum absolute atomic E-state index is 0.163. The van der Waals surface area contributed by atoms with Crippen LogP contribution in [0.25, 0.3) is 33.3 Å². The number of pyridine rings is 1. The first-order valence-electron chi connectivity index (χ1n) is 7.66. The van der Waals surface area contributed by atoms with E-state index >= 15 is 0 Å². The van der Waals surface area contributed by atoms with E-state index in [4.69, 9.17) is 4.98 Å². The maximum absolute atomic E-state index is 14.4. The third-order valence-corrected chi connectivity index (χ3v) is 4.01. The first-order chi connectivity index (χ1) is 11.7. The molecule has 2 nitrogen and oxygen atoms in total. The van der Waals surface area contributed by atoms with Gasteiger partial charge in [-0.05, 0) is 30.3 Å². The predicted molar refractivity (Wildman–Crippen MR) is 94.2 cm³/mol. The molecule has 4 aromatic rings. The van der Waals surface area contributed by atoms with Crippen molar-refractivity contribution in [2.75, 3.05) is 0 Å². The van der Waals surface area contributed by atoms with Gasteiger partial charge in [0.15, 0.2) is 0 Å². The van der Waals surface area contributed by atoms with Gasteiger partial charge < -0.3 is 5.11 Å². The highest BCUT2D eigenvalue weighted by Gasteiger charge is 2.14. The molecule has 0 aliphatic carbocycles. The number of aromatic nitrogens is 1. The van der Waals surface area contributed by atoms with Gasteiger partial charge in [-0.25, -0.2) is 9.37 Å². The molecule has 4 rings (SSSR count). The van der Waals surface area contributed by atoms with Crippen LogP contribution >= 0.6 is 0 Å². The first-order valence-corrected chi connectivity index (χ1v) is 7.66. The second-order valence-corrected chi connectivity index (χ2v) is 5.61. The second-order valence-electron chi connectivity index (χ2n) is 5.61. The lowest BCUT2D eigenvalue weighted by Gasteiger charge is -2.12. The van der Waals surface area contributed by atoms with E-state index < -0.39 is 0 Å². The zero-order chi connectivity index (χ0) is 16.5. The van der Waals surface area contributed by atoms with Crippen molar-refractivity contribution in [3.63, 3.8) is 0 Å². The Morgan fingerprint density at radius 2 is 1.50 bits per heavy atom. The summed E-state index contributed by atoms with van der Waals surface area (Å²) in [6.45, 7) is 0. The van der Waals surface area contributed by atoms with Gasteiger partial charge in [0.2, 0.25) is 0 Å². The summed E-state index contributed by atoms with van der Waals surface area (Å²) < 4.78 is 14.4. The molecule has 0 saturated carbocycles. The van der Waals surface area contributed by atoms with Crippen molar-refractivity contribution < 1.29 is 9.50 Å². The lowest BCUT2D eigenvalue weighted by molar-refractivity contribution is 0.476. The molecule has 0 aliphatic rings. The van der Waals surface area contributed by atoms with E-state index in [1.807, 2.05) is 36.4 Å². The molecule has 24 heavy (non-hydrogen) atoms. The number of phenols is 1. The van der Waals surface area contributed by atoms with Crippen molar-refractivity contribution in [2.24, 2.45) is 0 Å². The molecule has 0 spiro atoms. The van der Waals surface area contributed by atoms with Crippen LogP contribution in [0.15, 0.2) is 78.9 Å². The van der Waals surface area contributed by atoms with Crippen LogP contribution in [0.1, 0.15) is 0 Å². The Labute approximate surface area is 138 Å². The van der Waals surface area contributed by atoms with Gasteiger partial charge in [0, 0.05) is 22.1 Å². The van der Waals surface area contributed by atoms with Crippen molar-refractivity contribution >= 4 is 10.9 Å². The summed E-state index contributed by atoms with van der Waals surface area (Å²) in [5.74, 6) is -0.132. The summed E-state index contributed by atoms with van der Waals surface area (Å²) >= 11 is 0. The lowest BCUT2D eigenvalue weighted by Crippen LogP contribution is -1.93. The SMILES string of the molecule is Oc1ccc2nc(-c3ccccc3)c(-c3ccccc3F)cc2c1. The van der Waals surface area contributed by atoms with Gasteiger partial charge >= 0.3 is 0 Å². The molecule has 0 unspecified atom stereocenters. The number of fused-ring (bicyclic) bond motifs is 1. The number of halogens is 1. The molecule has 116 valence electrons. The van der Waals surface area contributed by atoms with Gasteiger partial charge in [-0.3, -0.25) is 0 Å². The lowest BCUT2D eigenvalue weighted by atomic mass is 9.97. The average molecular weight is 315 g/mol. The molecule has 3 aromatic carbocycles. The third kappa shape index (κ3) is 2.50. The minimum Gasteiger partial charge on any atom is -0.508 e. The Balaban J connectivity index is 2.07. The Hall–Kier alpha value is -3.20. The van der Waals surface area contributed by atoms with E-state index in [0.29, 0.717) is 11.1 Å². The largest absolute Gasteiger partial charge is 0.508 e. The molecule has 0 atom stereocenters. The summed E-state index contributed by atoms with van der Waals surface area (Å²) in [4.78, 5) is 4.73. The van der Waals surface area contributed by atoms with Crippen LogP contribution in [0.4, 0.5) is 4.39 Å². The highest BCUT2D eigenvalue weighted by atomic mass is 19.1. The fourth-order valence-corrected chi connectivity index (χ4v) is 2.86. The van der Waals surface area contributed by atoms with Gasteiger partial charge in [0.05, 0.1) is 11.2 Å². The summed E-state index contributed by atoms with van der Waals surface area (Å²) in [5, 5.41) is 10.5. The number of aromatic hydroxyl groups is 1. The summed E-state index contributed by atoms with van der Waals surface area (Å²) in [7, 11) is 0. The number of hydrogen-bond acceptors (Lipinski definition) is 2. The molecule has 3 heteroatoms. The summed E-state index contributed by atoms with van der Waals surface area (Å²) in [6.07, 6.45) is 0. The first kappa shape index (κ1) is 14.4. The highest BCUT2D eigenvalue weighted by Crippen LogP contribution is 2.35. The number of hydrogen-bond donors (Lipinski definition) is 1. The van der Waals surface area contributed by atoms with E-state index in [9.17, 15) is 9.50 Å². The minimum atomic E-state index is -0.295. The van der Waals surface area contributed by atoms with Crippen LogP contribution in [0.2, 0.25) is 0 Å². The van der Waals surface area contributed by atoms with E-state index in [-0.39, 0.29) is 11.6 Å². The van der Waals surface area contributed by atoms with Crippen molar-refractivity contribution in [2.45, 2.75) is 0 Å². The molecule has 1 N–H and O–H groups in total. The van der Waals surface area contributed by atoms with Crippen molar-refractivity contribution in [3.05, 3.63) is 84.7 Å². The van der Waals surface area contributed by atoms with Crippen molar-refractivity contribution in [1.29, 1.82) is 0 Å². The molecule has 0 bridgehead atoms. The van der Waals surface area contributed by atoms with E-state index in [1.165, 1.54) is 6.07 Å². The van der Waals surface area contributed by atoms with E-state index in [2.05, 4.69) is 0 Å². The fraction of sp³-hybridized carbons (Fsp3) is 0. The molecule has 1 aromatic heterocycles. The maximum Gasteiger partial charge on any atom is 0.131 e. The summed E-state index contributed by atoms with van der Waals surface area (Å²) in [5.41, 5.74) is 3.60. The fourth-order valence-electron chi connectivity index (χ4n) is 2.86. The highest BCUT2D eigenvalue weighted by molar-refractivity contribution is 5.92. The molecule has 0 saturated heterocycles. The number of phenolic OH excluding ortho intramolecular Hbond substituents is 1. The van der Waals surface area contributed by atoms with Crippen LogP contribution in [-0.4, -0.2) is 10.1 Å². The van der Waals surface area contributed by atoms with Crippen LogP contribution in [0.3, 0.4) is 0 Å². The normalized spacial score (nSPS) is 10.9. The smallest absolute Gasteiger partial charge is 0.131 e. The third-order valence-electron chi connectivity index (χ3n) is 4.01. The maximum atomic E-state index is 14.4. The van der Waals surface area contributed by atoms with Crippen molar-refractivity contribution in [1.82, 2.24) is 4.98 Å². The van der Waals surface area contributed by atoms with Gasteiger partial charge in [-0.15, -0.1) is 0 Å². The van der Waals surface area contributed by atoms with Gasteiger partial charge in [0.1, 0.15) is 11.6 Å². The van der Waals surface area contributed by atoms with Gasteiger partial charge in [0.25, 0.3) is 0 Å². The zero-order valence-electron chi connectivity index (χ0n) is 12.8. The van der Waals surface area contributed by atoms with Gasteiger partial charge in [-0.1, -0.05) is 48.5 Å². The number of rotatable bonds is 2. The van der Waals surface area contributed by atoms with Crippen molar-refractivity contribution in [3.8, 4) is 28.1 Å². The standard InChI is InChI=1S/C21H14FNO/c22-19-9-5-4-8-17(19)18-13-15-12-16(24)10-11-20(15)23-21(18)14-6-2-1-3-7-14/h1-13,24H. The number of benzene rings is 3. The van der Waals surface area contributed by atoms with Crippen LogP contribution in [0, 0.1) is 5.82 Å². The van der Waals surface area contributed by atoms with E-state index in [1.54, 1.807) is 36.4 Å². The zero-order valence-corrected chi connectivity index (χ0v) is 12.8. The predicted octanol–water partition coefficient (Wildman–Crippen LogP) is 5.41. The Bertz CT molecular complexity index is 1030. The Morgan fingerprint density at radius 1 is 0.750 bits per heavy atom. The second kappa shape index (κ2) is 5.78. The Kier molecular flexibility index (Phi) is 3.47. The monoisotopic (exact) mass is 315 g/mol. The summed E-state index contributed by atoms with van der Waals surface area (Å²) in [6, 6.07) is 23.3. The van der Waals surface area contributed by atoms with Crippen LogP contribution in [0.5, 0.6) is 5.75 Å². The topological polar surface area (TPSA) is 33.1 Å².